The van der Waals surface area contributed by atoms with Crippen LogP contribution in [0.15, 0.2) is 36.4 Å². The number of hydrogen-bond acceptors (Lipinski definition) is 3. The van der Waals surface area contributed by atoms with E-state index in [1.807, 2.05) is 0 Å². The number of ether oxygens (including phenoxy) is 1. The van der Waals surface area contributed by atoms with E-state index >= 15 is 0 Å². The Morgan fingerprint density at radius 3 is 2.70 bits per heavy atom. The Hall–Kier alpha value is -2.63. The maximum Gasteiger partial charge on any atom is 0.258 e. The molecule has 0 saturated heterocycles. The maximum absolute atomic E-state index is 13.5. The van der Waals surface area contributed by atoms with Gasteiger partial charge < -0.3 is 15.8 Å². The van der Waals surface area contributed by atoms with Crippen molar-refractivity contribution in [2.24, 2.45) is 0 Å². The summed E-state index contributed by atoms with van der Waals surface area (Å²) in [5.74, 6) is -2.71. The molecule has 0 bridgehead atoms. The first-order valence-corrected chi connectivity index (χ1v) is 5.72. The van der Waals surface area contributed by atoms with Crippen molar-refractivity contribution in [1.82, 2.24) is 0 Å². The van der Waals surface area contributed by atoms with Crippen LogP contribution >= 0.6 is 0 Å². The number of carbonyl (C=O) groups is 1. The molecule has 104 valence electrons. The molecule has 4 nitrogen and oxygen atoms in total. The van der Waals surface area contributed by atoms with E-state index in [1.165, 1.54) is 25.3 Å². The quantitative estimate of drug-likeness (QED) is 0.848. The van der Waals surface area contributed by atoms with Crippen molar-refractivity contribution in [3.05, 3.63) is 53.6 Å². The number of anilines is 2. The number of halogens is 2. The predicted molar refractivity (Wildman–Crippen MR) is 71.7 cm³/mol. The number of methoxy groups -OCH3 is 1. The van der Waals surface area contributed by atoms with E-state index in [-0.39, 0.29) is 5.69 Å². The van der Waals surface area contributed by atoms with Crippen LogP contribution in [0.4, 0.5) is 20.2 Å². The Labute approximate surface area is 114 Å². The highest BCUT2D eigenvalue weighted by molar-refractivity contribution is 6.05. The average molecular weight is 278 g/mol. The fourth-order valence-corrected chi connectivity index (χ4v) is 1.69. The average Bonchev–Trinajstić information content (AvgIpc) is 2.42. The van der Waals surface area contributed by atoms with E-state index in [1.54, 1.807) is 12.1 Å². The lowest BCUT2D eigenvalue weighted by atomic mass is 10.1. The number of nitrogen functional groups attached to an aromatic ring is 1. The van der Waals surface area contributed by atoms with Crippen molar-refractivity contribution in [2.75, 3.05) is 18.2 Å². The highest BCUT2D eigenvalue weighted by Gasteiger charge is 2.16. The minimum Gasteiger partial charge on any atom is -0.495 e. The van der Waals surface area contributed by atoms with Gasteiger partial charge in [-0.15, -0.1) is 0 Å². The number of hydrogen-bond donors (Lipinski definition) is 2. The lowest BCUT2D eigenvalue weighted by molar-refractivity contribution is 0.102. The molecule has 0 aliphatic carbocycles. The Morgan fingerprint density at radius 2 is 2.00 bits per heavy atom. The molecule has 6 heteroatoms. The van der Waals surface area contributed by atoms with Gasteiger partial charge in [-0.2, -0.15) is 0 Å². The van der Waals surface area contributed by atoms with Crippen LogP contribution in [0.3, 0.4) is 0 Å². The van der Waals surface area contributed by atoms with Gasteiger partial charge in [0.05, 0.1) is 18.4 Å². The molecule has 2 aromatic carbocycles. The third kappa shape index (κ3) is 2.69. The topological polar surface area (TPSA) is 64.3 Å². The SMILES string of the molecule is COc1ccc(N)cc1NC(=O)c1cccc(F)c1F. The van der Waals surface area contributed by atoms with Gasteiger partial charge in [0, 0.05) is 5.69 Å². The van der Waals surface area contributed by atoms with Crippen molar-refractivity contribution in [2.45, 2.75) is 0 Å². The van der Waals surface area contributed by atoms with Gasteiger partial charge in [-0.1, -0.05) is 6.07 Å². The number of nitrogens with one attached hydrogen (secondary N) is 1. The zero-order valence-electron chi connectivity index (χ0n) is 10.6. The van der Waals surface area contributed by atoms with Crippen LogP contribution in [0.25, 0.3) is 0 Å². The summed E-state index contributed by atoms with van der Waals surface area (Å²) in [6.07, 6.45) is 0. The van der Waals surface area contributed by atoms with Gasteiger partial charge in [-0.3, -0.25) is 4.79 Å². The minimum absolute atomic E-state index is 0.279. The fraction of sp³-hybridized carbons (Fsp3) is 0.0714. The van der Waals surface area contributed by atoms with Crippen molar-refractivity contribution in [3.63, 3.8) is 0 Å². The summed E-state index contributed by atoms with van der Waals surface area (Å²) < 4.78 is 31.7. The van der Waals surface area contributed by atoms with E-state index in [4.69, 9.17) is 10.5 Å². The monoisotopic (exact) mass is 278 g/mol. The highest BCUT2D eigenvalue weighted by Crippen LogP contribution is 2.27. The Balaban J connectivity index is 2.32. The molecular weight excluding hydrogens is 266 g/mol. The van der Waals surface area contributed by atoms with Gasteiger partial charge in [0.25, 0.3) is 5.91 Å². The first kappa shape index (κ1) is 13.8. The number of amides is 1. The van der Waals surface area contributed by atoms with Crippen LogP contribution in [0.2, 0.25) is 0 Å². The van der Waals surface area contributed by atoms with E-state index in [2.05, 4.69) is 5.32 Å². The van der Waals surface area contributed by atoms with E-state index in [9.17, 15) is 13.6 Å². The summed E-state index contributed by atoms with van der Waals surface area (Å²) in [7, 11) is 1.42. The zero-order chi connectivity index (χ0) is 14.7. The summed E-state index contributed by atoms with van der Waals surface area (Å²) >= 11 is 0. The normalized spacial score (nSPS) is 10.2. The van der Waals surface area contributed by atoms with Crippen molar-refractivity contribution < 1.29 is 18.3 Å². The van der Waals surface area contributed by atoms with E-state index in [0.717, 1.165) is 6.07 Å². The van der Waals surface area contributed by atoms with Crippen LogP contribution in [-0.2, 0) is 0 Å². The Kier molecular flexibility index (Phi) is 3.84. The number of carbonyl (C=O) groups excluding carboxylic acids is 1. The molecule has 0 spiro atoms. The largest absolute Gasteiger partial charge is 0.495 e. The van der Waals surface area contributed by atoms with Gasteiger partial charge in [-0.25, -0.2) is 8.78 Å². The second-order valence-electron chi connectivity index (χ2n) is 4.02. The number of nitrogens with two attached hydrogens (primary N) is 1. The summed E-state index contributed by atoms with van der Waals surface area (Å²) in [5.41, 5.74) is 5.90. The number of rotatable bonds is 3. The van der Waals surface area contributed by atoms with Crippen molar-refractivity contribution in [3.8, 4) is 5.75 Å². The second-order valence-corrected chi connectivity index (χ2v) is 4.02. The van der Waals surface area contributed by atoms with Crippen LogP contribution in [0.5, 0.6) is 5.75 Å². The minimum atomic E-state index is -1.20. The third-order valence-corrected chi connectivity index (χ3v) is 2.67. The van der Waals surface area contributed by atoms with Gasteiger partial charge in [0.2, 0.25) is 0 Å². The standard InChI is InChI=1S/C14H12F2N2O2/c1-20-12-6-5-8(17)7-11(12)18-14(19)9-3-2-4-10(15)13(9)16/h2-7H,17H2,1H3,(H,18,19). The smallest absolute Gasteiger partial charge is 0.258 e. The molecule has 3 N–H and O–H groups in total. The molecule has 0 fully saturated rings. The van der Waals surface area contributed by atoms with Crippen LogP contribution < -0.4 is 15.8 Å². The third-order valence-electron chi connectivity index (χ3n) is 2.67. The molecule has 0 unspecified atom stereocenters. The van der Waals surface area contributed by atoms with Gasteiger partial charge in [-0.05, 0) is 30.3 Å². The second kappa shape index (κ2) is 5.56. The molecule has 2 rings (SSSR count). The van der Waals surface area contributed by atoms with Gasteiger partial charge >= 0.3 is 0 Å². The predicted octanol–water partition coefficient (Wildman–Crippen LogP) is 2.81. The molecule has 0 atom stereocenters. The number of benzene rings is 2. The summed E-state index contributed by atoms with van der Waals surface area (Å²) in [6, 6.07) is 8.00. The molecule has 0 aliphatic rings. The molecule has 0 heterocycles. The molecule has 0 radical (unpaired) electrons. The van der Waals surface area contributed by atoms with Crippen molar-refractivity contribution in [1.29, 1.82) is 0 Å². The molecule has 2 aromatic rings. The van der Waals surface area contributed by atoms with Crippen LogP contribution in [0.1, 0.15) is 10.4 Å². The van der Waals surface area contributed by atoms with E-state index in [0.29, 0.717) is 11.4 Å². The maximum atomic E-state index is 13.5. The lowest BCUT2D eigenvalue weighted by Gasteiger charge is -2.11. The molecule has 20 heavy (non-hydrogen) atoms. The highest BCUT2D eigenvalue weighted by atomic mass is 19.2. The van der Waals surface area contributed by atoms with Crippen LogP contribution in [-0.4, -0.2) is 13.0 Å². The first-order valence-electron chi connectivity index (χ1n) is 5.72. The Bertz CT molecular complexity index is 660. The molecular formula is C14H12F2N2O2. The first-order chi connectivity index (χ1) is 9.52. The Morgan fingerprint density at radius 1 is 1.25 bits per heavy atom. The van der Waals surface area contributed by atoms with Crippen molar-refractivity contribution >= 4 is 17.3 Å². The summed E-state index contributed by atoms with van der Waals surface area (Å²) in [5, 5.41) is 2.44. The lowest BCUT2D eigenvalue weighted by Crippen LogP contribution is -2.15. The molecule has 0 aromatic heterocycles. The molecule has 0 aliphatic heterocycles. The zero-order valence-corrected chi connectivity index (χ0v) is 10.6. The molecule has 1 amide bonds. The summed E-state index contributed by atoms with van der Waals surface area (Å²) in [4.78, 5) is 12.0. The van der Waals surface area contributed by atoms with Gasteiger partial charge in [0.1, 0.15) is 5.75 Å². The molecule has 0 saturated carbocycles. The fourth-order valence-electron chi connectivity index (χ4n) is 1.69. The van der Waals surface area contributed by atoms with Gasteiger partial charge in [0.15, 0.2) is 11.6 Å². The van der Waals surface area contributed by atoms with Crippen LogP contribution in [0, 0.1) is 11.6 Å². The summed E-state index contributed by atoms with van der Waals surface area (Å²) in [6.45, 7) is 0. The van der Waals surface area contributed by atoms with E-state index < -0.39 is 23.1 Å².